The van der Waals surface area contributed by atoms with E-state index in [1.807, 2.05) is 30.3 Å². The lowest BCUT2D eigenvalue weighted by molar-refractivity contribution is 0.0949. The molecule has 2 heterocycles. The average Bonchev–Trinajstić information content (AvgIpc) is 2.56. The summed E-state index contributed by atoms with van der Waals surface area (Å²) in [7, 11) is 0. The first kappa shape index (κ1) is 14.7. The van der Waals surface area contributed by atoms with Crippen LogP contribution in [-0.2, 0) is 6.42 Å². The molecule has 2 aromatic heterocycles. The Kier molecular flexibility index (Phi) is 4.44. The molecule has 3 rings (SSSR count). The van der Waals surface area contributed by atoms with Crippen LogP contribution in [0.5, 0.6) is 0 Å². The summed E-state index contributed by atoms with van der Waals surface area (Å²) in [6, 6.07) is 13.5. The van der Waals surface area contributed by atoms with Crippen molar-refractivity contribution >= 4 is 32.7 Å². The van der Waals surface area contributed by atoms with Gasteiger partial charge < -0.3 is 5.32 Å². The van der Waals surface area contributed by atoms with Gasteiger partial charge in [-0.3, -0.25) is 9.78 Å². The quantitative estimate of drug-likeness (QED) is 0.780. The fourth-order valence-electron chi connectivity index (χ4n) is 2.15. The number of pyridine rings is 2. The number of carbonyl (C=O) groups excluding carboxylic acids is 1. The molecule has 4 nitrogen and oxygen atoms in total. The van der Waals surface area contributed by atoms with Crippen LogP contribution in [0, 0.1) is 0 Å². The fourth-order valence-corrected chi connectivity index (χ4v) is 2.42. The summed E-state index contributed by atoms with van der Waals surface area (Å²) < 4.78 is 1.05. The van der Waals surface area contributed by atoms with E-state index in [1.165, 1.54) is 5.56 Å². The topological polar surface area (TPSA) is 54.9 Å². The van der Waals surface area contributed by atoms with Crippen LogP contribution in [0.3, 0.4) is 0 Å². The fraction of sp³-hybridized carbons (Fsp3) is 0.118. The minimum absolute atomic E-state index is 0.157. The van der Waals surface area contributed by atoms with E-state index in [0.29, 0.717) is 12.2 Å². The van der Waals surface area contributed by atoms with Crippen LogP contribution in [0.15, 0.2) is 59.3 Å². The molecule has 0 aliphatic rings. The molecular weight excluding hydrogens is 342 g/mol. The maximum Gasteiger partial charge on any atom is 0.269 e. The van der Waals surface area contributed by atoms with Gasteiger partial charge in [0.2, 0.25) is 0 Å². The highest BCUT2D eigenvalue weighted by Gasteiger charge is 2.07. The van der Waals surface area contributed by atoms with E-state index >= 15 is 0 Å². The summed E-state index contributed by atoms with van der Waals surface area (Å²) in [4.78, 5) is 20.5. The maximum atomic E-state index is 12.1. The van der Waals surface area contributed by atoms with E-state index < -0.39 is 0 Å². The Balaban J connectivity index is 1.62. The van der Waals surface area contributed by atoms with Crippen LogP contribution in [0.1, 0.15) is 16.1 Å². The van der Waals surface area contributed by atoms with Gasteiger partial charge in [-0.05, 0) is 42.3 Å². The lowest BCUT2D eigenvalue weighted by Gasteiger charge is -2.06. The molecular formula is C17H14BrN3O. The summed E-state index contributed by atoms with van der Waals surface area (Å²) in [5.74, 6) is -0.157. The van der Waals surface area contributed by atoms with E-state index in [-0.39, 0.29) is 5.91 Å². The molecule has 0 fully saturated rings. The Morgan fingerprint density at radius 2 is 1.91 bits per heavy atom. The average molecular weight is 356 g/mol. The lowest BCUT2D eigenvalue weighted by atomic mass is 10.1. The number of halogens is 1. The largest absolute Gasteiger partial charge is 0.350 e. The second kappa shape index (κ2) is 6.66. The third kappa shape index (κ3) is 3.49. The zero-order valence-corrected chi connectivity index (χ0v) is 13.4. The Morgan fingerprint density at radius 1 is 1.09 bits per heavy atom. The van der Waals surface area contributed by atoms with Gasteiger partial charge in [-0.15, -0.1) is 0 Å². The van der Waals surface area contributed by atoms with Gasteiger partial charge in [0.15, 0.2) is 0 Å². The van der Waals surface area contributed by atoms with Crippen LogP contribution in [0.25, 0.3) is 10.9 Å². The molecule has 0 atom stereocenters. The third-order valence-corrected chi connectivity index (χ3v) is 3.86. The molecule has 0 spiro atoms. The molecule has 1 aromatic carbocycles. The maximum absolute atomic E-state index is 12.1. The molecule has 1 amide bonds. The van der Waals surface area contributed by atoms with Gasteiger partial charge in [-0.2, -0.15) is 0 Å². The predicted molar refractivity (Wildman–Crippen MR) is 89.7 cm³/mol. The molecule has 0 radical (unpaired) electrons. The first-order valence-corrected chi connectivity index (χ1v) is 7.75. The van der Waals surface area contributed by atoms with Crippen molar-refractivity contribution in [2.45, 2.75) is 6.42 Å². The summed E-state index contributed by atoms with van der Waals surface area (Å²) >= 11 is 3.40. The molecule has 0 saturated heterocycles. The molecule has 22 heavy (non-hydrogen) atoms. The number of nitrogens with one attached hydrogen (secondary N) is 1. The van der Waals surface area contributed by atoms with E-state index in [9.17, 15) is 4.79 Å². The minimum Gasteiger partial charge on any atom is -0.350 e. The number of aromatic nitrogens is 2. The molecule has 0 saturated carbocycles. The Labute approximate surface area is 136 Å². The van der Waals surface area contributed by atoms with Crippen LogP contribution in [0.2, 0.25) is 0 Å². The van der Waals surface area contributed by atoms with Crippen molar-refractivity contribution in [1.29, 1.82) is 0 Å². The van der Waals surface area contributed by atoms with Crippen molar-refractivity contribution < 1.29 is 4.79 Å². The number of hydrogen-bond acceptors (Lipinski definition) is 3. The van der Waals surface area contributed by atoms with Gasteiger partial charge in [0, 0.05) is 28.8 Å². The van der Waals surface area contributed by atoms with Crippen LogP contribution >= 0.6 is 15.9 Å². The summed E-state index contributed by atoms with van der Waals surface area (Å²) in [6.07, 6.45) is 4.19. The number of nitrogens with zero attached hydrogens (tertiary/aromatic N) is 2. The molecule has 1 N–H and O–H groups in total. The zero-order valence-electron chi connectivity index (χ0n) is 11.8. The number of benzene rings is 1. The highest BCUT2D eigenvalue weighted by molar-refractivity contribution is 9.10. The van der Waals surface area contributed by atoms with Crippen molar-refractivity contribution in [3.63, 3.8) is 0 Å². The van der Waals surface area contributed by atoms with Crippen molar-refractivity contribution in [2.75, 3.05) is 6.54 Å². The number of hydrogen-bond donors (Lipinski definition) is 1. The highest BCUT2D eigenvalue weighted by Crippen LogP contribution is 2.11. The second-order valence-corrected chi connectivity index (χ2v) is 5.81. The summed E-state index contributed by atoms with van der Waals surface area (Å²) in [5, 5.41) is 3.82. The number of carbonyl (C=O) groups is 1. The van der Waals surface area contributed by atoms with E-state index in [2.05, 4.69) is 31.2 Å². The first-order chi connectivity index (χ1) is 10.7. The zero-order chi connectivity index (χ0) is 15.4. The van der Waals surface area contributed by atoms with Gasteiger partial charge in [-0.25, -0.2) is 4.98 Å². The van der Waals surface area contributed by atoms with Crippen molar-refractivity contribution in [3.8, 4) is 0 Å². The third-order valence-electron chi connectivity index (χ3n) is 3.33. The molecule has 5 heteroatoms. The van der Waals surface area contributed by atoms with E-state index in [4.69, 9.17) is 0 Å². The van der Waals surface area contributed by atoms with Gasteiger partial charge in [0.05, 0.1) is 5.52 Å². The predicted octanol–water partition coefficient (Wildman–Crippen LogP) is 3.36. The van der Waals surface area contributed by atoms with Gasteiger partial charge >= 0.3 is 0 Å². The molecule has 3 aromatic rings. The minimum atomic E-state index is -0.157. The van der Waals surface area contributed by atoms with Crippen molar-refractivity contribution in [1.82, 2.24) is 15.3 Å². The Hall–Kier alpha value is -2.27. The van der Waals surface area contributed by atoms with Crippen molar-refractivity contribution in [2.24, 2.45) is 0 Å². The Bertz CT molecular complexity index is 802. The van der Waals surface area contributed by atoms with Gasteiger partial charge in [0.25, 0.3) is 5.91 Å². The molecule has 0 aliphatic heterocycles. The standard InChI is InChI=1S/C17H14BrN3O/c18-14-4-1-12(2-5-14)7-10-20-17(22)16-6-3-13-11-19-9-8-15(13)21-16/h1-6,8-9,11H,7,10H2,(H,20,22). The molecule has 0 unspecified atom stereocenters. The Morgan fingerprint density at radius 3 is 2.73 bits per heavy atom. The summed E-state index contributed by atoms with van der Waals surface area (Å²) in [5.41, 5.74) is 2.38. The second-order valence-electron chi connectivity index (χ2n) is 4.90. The lowest BCUT2D eigenvalue weighted by Crippen LogP contribution is -2.26. The van der Waals surface area contributed by atoms with Gasteiger partial charge in [-0.1, -0.05) is 28.1 Å². The van der Waals surface area contributed by atoms with Crippen LogP contribution in [0.4, 0.5) is 0 Å². The molecule has 0 bridgehead atoms. The number of rotatable bonds is 4. The van der Waals surface area contributed by atoms with Crippen LogP contribution in [-0.4, -0.2) is 22.4 Å². The highest BCUT2D eigenvalue weighted by atomic mass is 79.9. The van der Waals surface area contributed by atoms with Gasteiger partial charge in [0.1, 0.15) is 5.69 Å². The number of amides is 1. The van der Waals surface area contributed by atoms with E-state index in [1.54, 1.807) is 24.5 Å². The smallest absolute Gasteiger partial charge is 0.269 e. The van der Waals surface area contributed by atoms with Crippen molar-refractivity contribution in [3.05, 3.63) is 70.6 Å². The number of fused-ring (bicyclic) bond motifs is 1. The first-order valence-electron chi connectivity index (χ1n) is 6.96. The normalized spacial score (nSPS) is 10.6. The van der Waals surface area contributed by atoms with Crippen LogP contribution < -0.4 is 5.32 Å². The summed E-state index contributed by atoms with van der Waals surface area (Å²) in [6.45, 7) is 0.580. The molecule has 0 aliphatic carbocycles. The SMILES string of the molecule is O=C(NCCc1ccc(Br)cc1)c1ccc2cnccc2n1. The molecule has 110 valence electrons. The monoisotopic (exact) mass is 355 g/mol. The van der Waals surface area contributed by atoms with E-state index in [0.717, 1.165) is 21.8 Å².